The maximum absolute atomic E-state index is 11.9. The maximum Gasteiger partial charge on any atom is 0.313 e. The average molecular weight is 305 g/mol. The molecule has 6 heteroatoms. The van der Waals surface area contributed by atoms with Gasteiger partial charge in [-0.05, 0) is 25.5 Å². The zero-order chi connectivity index (χ0) is 15.9. The first kappa shape index (κ1) is 16.5. The predicted octanol–water partition coefficient (Wildman–Crippen LogP) is 0.690. The van der Waals surface area contributed by atoms with E-state index in [2.05, 4.69) is 15.5 Å². The topological polar surface area (TPSA) is 70.7 Å². The van der Waals surface area contributed by atoms with Crippen LogP contribution in [0.25, 0.3) is 0 Å². The molecule has 0 aliphatic carbocycles. The van der Waals surface area contributed by atoms with Crippen molar-refractivity contribution in [2.45, 2.75) is 13.8 Å². The van der Waals surface area contributed by atoms with Gasteiger partial charge in [0.05, 0.1) is 13.2 Å². The smallest absolute Gasteiger partial charge is 0.313 e. The third-order valence-electron chi connectivity index (χ3n) is 3.65. The van der Waals surface area contributed by atoms with Gasteiger partial charge in [-0.2, -0.15) is 0 Å². The number of benzene rings is 1. The summed E-state index contributed by atoms with van der Waals surface area (Å²) in [6.07, 6.45) is 0. The van der Waals surface area contributed by atoms with E-state index in [1.807, 2.05) is 32.0 Å². The molecule has 1 aromatic rings. The minimum Gasteiger partial charge on any atom is -0.379 e. The van der Waals surface area contributed by atoms with Gasteiger partial charge >= 0.3 is 11.8 Å². The van der Waals surface area contributed by atoms with Crippen LogP contribution in [0.2, 0.25) is 0 Å². The second kappa shape index (κ2) is 7.91. The molecule has 1 aliphatic heterocycles. The lowest BCUT2D eigenvalue weighted by Gasteiger charge is -2.26. The Balaban J connectivity index is 1.75. The molecule has 1 fully saturated rings. The molecule has 1 aliphatic rings. The van der Waals surface area contributed by atoms with Crippen LogP contribution in [0.15, 0.2) is 18.2 Å². The number of rotatable bonds is 4. The fourth-order valence-electron chi connectivity index (χ4n) is 2.37. The molecular weight excluding hydrogens is 282 g/mol. The second-order valence-corrected chi connectivity index (χ2v) is 5.48. The number of nitrogens with zero attached hydrogens (tertiary/aromatic N) is 1. The SMILES string of the molecule is Cc1ccc(NC(=O)C(=O)NCCN2CCOCC2)c(C)c1. The Morgan fingerprint density at radius 2 is 1.91 bits per heavy atom. The van der Waals surface area contributed by atoms with E-state index >= 15 is 0 Å². The largest absolute Gasteiger partial charge is 0.379 e. The molecule has 0 spiro atoms. The number of anilines is 1. The van der Waals surface area contributed by atoms with Gasteiger partial charge in [-0.15, -0.1) is 0 Å². The highest BCUT2D eigenvalue weighted by Crippen LogP contribution is 2.15. The summed E-state index contributed by atoms with van der Waals surface area (Å²) in [6, 6.07) is 5.68. The molecular formula is C16H23N3O3. The molecule has 0 saturated carbocycles. The summed E-state index contributed by atoms with van der Waals surface area (Å²) in [5, 5.41) is 5.29. The molecule has 0 aromatic heterocycles. The molecule has 2 amide bonds. The highest BCUT2D eigenvalue weighted by atomic mass is 16.5. The summed E-state index contributed by atoms with van der Waals surface area (Å²) in [6.45, 7) is 8.25. The normalized spacial score (nSPS) is 15.4. The van der Waals surface area contributed by atoms with Crippen LogP contribution in [0.5, 0.6) is 0 Å². The summed E-state index contributed by atoms with van der Waals surface area (Å²) >= 11 is 0. The van der Waals surface area contributed by atoms with Crippen LogP contribution >= 0.6 is 0 Å². The van der Waals surface area contributed by atoms with Gasteiger partial charge in [0, 0.05) is 31.9 Å². The summed E-state index contributed by atoms with van der Waals surface area (Å²) in [4.78, 5) is 25.9. The molecule has 0 unspecified atom stereocenters. The number of nitrogens with one attached hydrogen (secondary N) is 2. The number of hydrogen-bond acceptors (Lipinski definition) is 4. The average Bonchev–Trinajstić information content (AvgIpc) is 2.51. The summed E-state index contributed by atoms with van der Waals surface area (Å²) in [5.41, 5.74) is 2.72. The van der Waals surface area contributed by atoms with Gasteiger partial charge in [0.15, 0.2) is 0 Å². The first-order chi connectivity index (χ1) is 10.6. The Kier molecular flexibility index (Phi) is 5.91. The third-order valence-corrected chi connectivity index (χ3v) is 3.65. The third kappa shape index (κ3) is 4.82. The Hall–Kier alpha value is -1.92. The number of amides is 2. The van der Waals surface area contributed by atoms with Crippen molar-refractivity contribution < 1.29 is 14.3 Å². The minimum absolute atomic E-state index is 0.457. The van der Waals surface area contributed by atoms with Gasteiger partial charge in [0.1, 0.15) is 0 Å². The summed E-state index contributed by atoms with van der Waals surface area (Å²) in [7, 11) is 0. The zero-order valence-electron chi connectivity index (χ0n) is 13.1. The highest BCUT2D eigenvalue weighted by Gasteiger charge is 2.15. The molecule has 6 nitrogen and oxygen atoms in total. The summed E-state index contributed by atoms with van der Waals surface area (Å²) < 4.78 is 5.26. The van der Waals surface area contributed by atoms with Crippen LogP contribution in [-0.4, -0.2) is 56.1 Å². The van der Waals surface area contributed by atoms with Crippen molar-refractivity contribution in [1.29, 1.82) is 0 Å². The van der Waals surface area contributed by atoms with E-state index in [4.69, 9.17) is 4.74 Å². The quantitative estimate of drug-likeness (QED) is 0.803. The lowest BCUT2D eigenvalue weighted by molar-refractivity contribution is -0.136. The lowest BCUT2D eigenvalue weighted by Crippen LogP contribution is -2.43. The van der Waals surface area contributed by atoms with Crippen molar-refractivity contribution in [2.75, 3.05) is 44.7 Å². The van der Waals surface area contributed by atoms with Crippen molar-refractivity contribution in [3.63, 3.8) is 0 Å². The van der Waals surface area contributed by atoms with Crippen LogP contribution in [0, 0.1) is 13.8 Å². The van der Waals surface area contributed by atoms with E-state index in [0.29, 0.717) is 12.2 Å². The van der Waals surface area contributed by atoms with Crippen LogP contribution in [0.1, 0.15) is 11.1 Å². The van der Waals surface area contributed by atoms with E-state index in [0.717, 1.165) is 44.0 Å². The molecule has 0 bridgehead atoms. The van der Waals surface area contributed by atoms with Crippen LogP contribution in [0.4, 0.5) is 5.69 Å². The lowest BCUT2D eigenvalue weighted by atomic mass is 10.1. The van der Waals surface area contributed by atoms with E-state index in [9.17, 15) is 9.59 Å². The van der Waals surface area contributed by atoms with Gasteiger partial charge < -0.3 is 15.4 Å². The van der Waals surface area contributed by atoms with Crippen LogP contribution in [0.3, 0.4) is 0 Å². The molecule has 0 atom stereocenters. The second-order valence-electron chi connectivity index (χ2n) is 5.48. The molecule has 1 saturated heterocycles. The number of ether oxygens (including phenoxy) is 1. The molecule has 22 heavy (non-hydrogen) atoms. The monoisotopic (exact) mass is 305 g/mol. The minimum atomic E-state index is -0.631. The van der Waals surface area contributed by atoms with Gasteiger partial charge in [0.2, 0.25) is 0 Å². The Morgan fingerprint density at radius 1 is 1.18 bits per heavy atom. The van der Waals surface area contributed by atoms with E-state index in [-0.39, 0.29) is 0 Å². The Morgan fingerprint density at radius 3 is 2.59 bits per heavy atom. The zero-order valence-corrected chi connectivity index (χ0v) is 13.1. The number of morpholine rings is 1. The Labute approximate surface area is 130 Å². The summed E-state index contributed by atoms with van der Waals surface area (Å²) in [5.74, 6) is -1.23. The molecule has 2 N–H and O–H groups in total. The van der Waals surface area contributed by atoms with Crippen molar-refractivity contribution >= 4 is 17.5 Å². The molecule has 2 rings (SSSR count). The first-order valence-electron chi connectivity index (χ1n) is 7.53. The number of hydrogen-bond donors (Lipinski definition) is 2. The predicted molar refractivity (Wildman–Crippen MR) is 84.8 cm³/mol. The standard InChI is InChI=1S/C16H23N3O3/c1-12-3-4-14(13(2)11-12)18-16(21)15(20)17-5-6-19-7-9-22-10-8-19/h3-4,11H,5-10H2,1-2H3,(H,17,20)(H,18,21). The molecule has 1 heterocycles. The van der Waals surface area contributed by atoms with E-state index in [1.54, 1.807) is 0 Å². The van der Waals surface area contributed by atoms with E-state index in [1.165, 1.54) is 0 Å². The fraction of sp³-hybridized carbons (Fsp3) is 0.500. The first-order valence-corrected chi connectivity index (χ1v) is 7.53. The maximum atomic E-state index is 11.9. The fourth-order valence-corrected chi connectivity index (χ4v) is 2.37. The van der Waals surface area contributed by atoms with Gasteiger partial charge in [-0.3, -0.25) is 14.5 Å². The van der Waals surface area contributed by atoms with Gasteiger partial charge in [-0.1, -0.05) is 17.7 Å². The molecule has 1 aromatic carbocycles. The van der Waals surface area contributed by atoms with Crippen LogP contribution < -0.4 is 10.6 Å². The van der Waals surface area contributed by atoms with Gasteiger partial charge in [0.25, 0.3) is 0 Å². The van der Waals surface area contributed by atoms with Gasteiger partial charge in [-0.25, -0.2) is 0 Å². The van der Waals surface area contributed by atoms with E-state index < -0.39 is 11.8 Å². The van der Waals surface area contributed by atoms with Crippen molar-refractivity contribution in [3.8, 4) is 0 Å². The number of aryl methyl sites for hydroxylation is 2. The van der Waals surface area contributed by atoms with Crippen LogP contribution in [-0.2, 0) is 14.3 Å². The molecule has 120 valence electrons. The number of carbonyl (C=O) groups is 2. The van der Waals surface area contributed by atoms with Crippen molar-refractivity contribution in [2.24, 2.45) is 0 Å². The number of carbonyl (C=O) groups excluding carboxylic acids is 2. The van der Waals surface area contributed by atoms with Crippen molar-refractivity contribution in [3.05, 3.63) is 29.3 Å². The van der Waals surface area contributed by atoms with Crippen molar-refractivity contribution in [1.82, 2.24) is 10.2 Å². The highest BCUT2D eigenvalue weighted by molar-refractivity contribution is 6.39. The Bertz CT molecular complexity index is 539. The molecule has 0 radical (unpaired) electrons.